The van der Waals surface area contributed by atoms with Crippen molar-refractivity contribution < 1.29 is 4.74 Å². The highest BCUT2D eigenvalue weighted by Crippen LogP contribution is 2.34. The molecule has 2 aromatic carbocycles. The van der Waals surface area contributed by atoms with Crippen molar-refractivity contribution in [3.8, 4) is 5.75 Å². The molecule has 3 rings (SSSR count). The van der Waals surface area contributed by atoms with Crippen molar-refractivity contribution in [3.05, 3.63) is 42.0 Å². The molecular formula is C20H28N2O. The first-order valence-corrected chi connectivity index (χ1v) is 8.60. The molecule has 0 radical (unpaired) electrons. The van der Waals surface area contributed by atoms with E-state index in [-0.39, 0.29) is 11.5 Å². The van der Waals surface area contributed by atoms with Crippen molar-refractivity contribution in [1.82, 2.24) is 4.90 Å². The average Bonchev–Trinajstić information content (AvgIpc) is 2.91. The lowest BCUT2D eigenvalue weighted by Gasteiger charge is -2.24. The fraction of sp³-hybridized carbons (Fsp3) is 0.500. The van der Waals surface area contributed by atoms with Crippen molar-refractivity contribution in [3.63, 3.8) is 0 Å². The summed E-state index contributed by atoms with van der Waals surface area (Å²) in [6.07, 6.45) is 1.36. The standard InChI is InChI=1S/C20H28N2O/c1-15(2)23-19-9-8-16-6-4-5-7-17(16)18(19)12-22-11-10-20(3,13-21)14-22/h4-9,15H,10-14,21H2,1-3H3. The SMILES string of the molecule is CC(C)Oc1ccc2ccccc2c1CN1CCC(C)(CN)C1. The van der Waals surface area contributed by atoms with Crippen LogP contribution in [0.25, 0.3) is 10.8 Å². The van der Waals surface area contributed by atoms with Crippen LogP contribution < -0.4 is 10.5 Å². The Morgan fingerprint density at radius 1 is 1.22 bits per heavy atom. The van der Waals surface area contributed by atoms with Gasteiger partial charge in [-0.25, -0.2) is 0 Å². The van der Waals surface area contributed by atoms with Crippen LogP contribution >= 0.6 is 0 Å². The predicted octanol–water partition coefficient (Wildman–Crippen LogP) is 3.80. The Hall–Kier alpha value is -1.58. The molecule has 124 valence electrons. The molecule has 1 unspecified atom stereocenters. The lowest BCUT2D eigenvalue weighted by molar-refractivity contribution is 0.231. The van der Waals surface area contributed by atoms with Crippen molar-refractivity contribution in [2.45, 2.75) is 39.8 Å². The highest BCUT2D eigenvalue weighted by molar-refractivity contribution is 5.87. The van der Waals surface area contributed by atoms with E-state index in [0.717, 1.165) is 31.9 Å². The van der Waals surface area contributed by atoms with Gasteiger partial charge in [-0.1, -0.05) is 37.3 Å². The maximum Gasteiger partial charge on any atom is 0.124 e. The Morgan fingerprint density at radius 3 is 2.70 bits per heavy atom. The largest absolute Gasteiger partial charge is 0.491 e. The number of nitrogens with two attached hydrogens (primary N) is 1. The highest BCUT2D eigenvalue weighted by atomic mass is 16.5. The summed E-state index contributed by atoms with van der Waals surface area (Å²) in [5.74, 6) is 1.01. The zero-order valence-electron chi connectivity index (χ0n) is 14.5. The molecule has 1 atom stereocenters. The first-order chi connectivity index (χ1) is 11.0. The van der Waals surface area contributed by atoms with Gasteiger partial charge < -0.3 is 10.5 Å². The van der Waals surface area contributed by atoms with Crippen LogP contribution in [-0.2, 0) is 6.54 Å². The zero-order chi connectivity index (χ0) is 16.4. The number of fused-ring (bicyclic) bond motifs is 1. The molecule has 0 aliphatic carbocycles. The number of benzene rings is 2. The lowest BCUT2D eigenvalue weighted by Crippen LogP contribution is -2.31. The van der Waals surface area contributed by atoms with Crippen LogP contribution in [0.3, 0.4) is 0 Å². The van der Waals surface area contributed by atoms with Gasteiger partial charge in [0.1, 0.15) is 5.75 Å². The van der Waals surface area contributed by atoms with Gasteiger partial charge in [0.15, 0.2) is 0 Å². The second-order valence-corrected chi connectivity index (χ2v) is 7.41. The van der Waals surface area contributed by atoms with Gasteiger partial charge in [-0.05, 0) is 55.6 Å². The number of hydrogen-bond donors (Lipinski definition) is 1. The number of rotatable bonds is 5. The third kappa shape index (κ3) is 3.51. The molecule has 0 bridgehead atoms. The summed E-state index contributed by atoms with van der Waals surface area (Å²) in [6.45, 7) is 10.3. The fourth-order valence-corrected chi connectivity index (χ4v) is 3.49. The first kappa shape index (κ1) is 16.3. The number of hydrogen-bond acceptors (Lipinski definition) is 3. The molecule has 1 aliphatic rings. The highest BCUT2D eigenvalue weighted by Gasteiger charge is 2.32. The van der Waals surface area contributed by atoms with E-state index in [1.165, 1.54) is 22.8 Å². The maximum atomic E-state index is 6.09. The third-order valence-corrected chi connectivity index (χ3v) is 4.87. The number of nitrogens with zero attached hydrogens (tertiary/aromatic N) is 1. The molecule has 3 heteroatoms. The van der Waals surface area contributed by atoms with Crippen molar-refractivity contribution >= 4 is 10.8 Å². The summed E-state index contributed by atoms with van der Waals surface area (Å²) >= 11 is 0. The van der Waals surface area contributed by atoms with Gasteiger partial charge in [-0.2, -0.15) is 0 Å². The maximum absolute atomic E-state index is 6.09. The van der Waals surface area contributed by atoms with Gasteiger partial charge in [-0.15, -0.1) is 0 Å². The summed E-state index contributed by atoms with van der Waals surface area (Å²) in [5, 5.41) is 2.58. The molecule has 2 aromatic rings. The van der Waals surface area contributed by atoms with Crippen LogP contribution in [-0.4, -0.2) is 30.6 Å². The van der Waals surface area contributed by atoms with Gasteiger partial charge in [0.25, 0.3) is 0 Å². The summed E-state index contributed by atoms with van der Waals surface area (Å²) in [5.41, 5.74) is 7.52. The van der Waals surface area contributed by atoms with E-state index in [1.54, 1.807) is 0 Å². The van der Waals surface area contributed by atoms with Gasteiger partial charge in [0, 0.05) is 18.7 Å². The number of ether oxygens (including phenoxy) is 1. The van der Waals surface area contributed by atoms with E-state index in [4.69, 9.17) is 10.5 Å². The molecule has 2 N–H and O–H groups in total. The molecule has 0 saturated carbocycles. The van der Waals surface area contributed by atoms with Crippen LogP contribution in [0.5, 0.6) is 5.75 Å². The van der Waals surface area contributed by atoms with Crippen LogP contribution in [0.2, 0.25) is 0 Å². The monoisotopic (exact) mass is 312 g/mol. The first-order valence-electron chi connectivity index (χ1n) is 8.60. The van der Waals surface area contributed by atoms with Gasteiger partial charge in [0.2, 0.25) is 0 Å². The van der Waals surface area contributed by atoms with E-state index in [2.05, 4.69) is 62.1 Å². The summed E-state index contributed by atoms with van der Waals surface area (Å²) in [6, 6.07) is 12.9. The zero-order valence-corrected chi connectivity index (χ0v) is 14.5. The smallest absolute Gasteiger partial charge is 0.124 e. The molecule has 0 aromatic heterocycles. The third-order valence-electron chi connectivity index (χ3n) is 4.87. The van der Waals surface area contributed by atoms with Gasteiger partial charge in [-0.3, -0.25) is 4.90 Å². The summed E-state index contributed by atoms with van der Waals surface area (Å²) in [7, 11) is 0. The minimum absolute atomic E-state index is 0.183. The Bertz CT molecular complexity index is 682. The molecule has 1 heterocycles. The molecule has 0 spiro atoms. The van der Waals surface area contributed by atoms with Crippen LogP contribution in [0.15, 0.2) is 36.4 Å². The second kappa shape index (κ2) is 6.50. The minimum atomic E-state index is 0.183. The molecular weight excluding hydrogens is 284 g/mol. The molecule has 23 heavy (non-hydrogen) atoms. The van der Waals surface area contributed by atoms with Crippen LogP contribution in [0, 0.1) is 5.41 Å². The lowest BCUT2D eigenvalue weighted by atomic mass is 9.90. The van der Waals surface area contributed by atoms with E-state index in [1.807, 2.05) is 0 Å². The second-order valence-electron chi connectivity index (χ2n) is 7.41. The molecule has 0 amide bonds. The van der Waals surface area contributed by atoms with E-state index in [9.17, 15) is 0 Å². The van der Waals surface area contributed by atoms with Gasteiger partial charge in [0.05, 0.1) is 6.10 Å². The van der Waals surface area contributed by atoms with Crippen molar-refractivity contribution in [1.29, 1.82) is 0 Å². The summed E-state index contributed by atoms with van der Waals surface area (Å²) in [4.78, 5) is 2.52. The Labute approximate surface area is 139 Å². The normalized spacial score (nSPS) is 22.1. The molecule has 1 aliphatic heterocycles. The average molecular weight is 312 g/mol. The van der Waals surface area contributed by atoms with Gasteiger partial charge >= 0.3 is 0 Å². The Kier molecular flexibility index (Phi) is 4.60. The molecule has 1 saturated heterocycles. The quantitative estimate of drug-likeness (QED) is 0.912. The minimum Gasteiger partial charge on any atom is -0.491 e. The van der Waals surface area contributed by atoms with Crippen LogP contribution in [0.4, 0.5) is 0 Å². The Morgan fingerprint density at radius 2 is 2.00 bits per heavy atom. The Balaban J connectivity index is 1.94. The topological polar surface area (TPSA) is 38.5 Å². The van der Waals surface area contributed by atoms with Crippen molar-refractivity contribution in [2.24, 2.45) is 11.1 Å². The van der Waals surface area contributed by atoms with Crippen LogP contribution in [0.1, 0.15) is 32.8 Å². The molecule has 3 nitrogen and oxygen atoms in total. The van der Waals surface area contributed by atoms with Crippen molar-refractivity contribution in [2.75, 3.05) is 19.6 Å². The summed E-state index contributed by atoms with van der Waals surface area (Å²) < 4.78 is 6.09. The fourth-order valence-electron chi connectivity index (χ4n) is 3.49. The van der Waals surface area contributed by atoms with E-state index >= 15 is 0 Å². The van der Waals surface area contributed by atoms with E-state index in [0.29, 0.717) is 0 Å². The number of likely N-dealkylation sites (tertiary alicyclic amines) is 1. The molecule has 1 fully saturated rings. The van der Waals surface area contributed by atoms with E-state index < -0.39 is 0 Å². The predicted molar refractivity (Wildman–Crippen MR) is 96.8 cm³/mol.